The lowest BCUT2D eigenvalue weighted by Gasteiger charge is -2.14. The molecule has 100 valence electrons. The van der Waals surface area contributed by atoms with E-state index in [-0.39, 0.29) is 11.8 Å². The second kappa shape index (κ2) is 5.82. The molecule has 1 aromatic rings. The maximum atomic E-state index is 11.9. The molecule has 0 radical (unpaired) electrons. The molecule has 0 saturated heterocycles. The molecule has 1 aliphatic heterocycles. The van der Waals surface area contributed by atoms with E-state index in [0.29, 0.717) is 18.0 Å². The van der Waals surface area contributed by atoms with Crippen LogP contribution in [0.2, 0.25) is 0 Å². The molecule has 1 aliphatic rings. The summed E-state index contributed by atoms with van der Waals surface area (Å²) in [6.07, 6.45) is 0.397. The Labute approximate surface area is 111 Å². The number of ether oxygens (including phenoxy) is 1. The van der Waals surface area contributed by atoms with Gasteiger partial charge in [-0.3, -0.25) is 4.79 Å². The van der Waals surface area contributed by atoms with Crippen LogP contribution >= 0.6 is 11.3 Å². The van der Waals surface area contributed by atoms with E-state index in [1.165, 1.54) is 16.2 Å². The smallest absolute Gasteiger partial charge is 0.261 e. The van der Waals surface area contributed by atoms with Crippen LogP contribution in [-0.2, 0) is 17.8 Å². The van der Waals surface area contributed by atoms with Crippen molar-refractivity contribution in [1.29, 1.82) is 0 Å². The van der Waals surface area contributed by atoms with Crippen LogP contribution in [0.5, 0.6) is 0 Å². The molecular weight excluding hydrogens is 250 g/mol. The third-order valence-electron chi connectivity index (χ3n) is 3.09. The van der Waals surface area contributed by atoms with E-state index in [2.05, 4.69) is 5.32 Å². The Morgan fingerprint density at radius 1 is 1.61 bits per heavy atom. The standard InChI is InChI=1S/C13H19NO3S/c1-8(2)10(15)6-14-13(16)12-5-9-7-17-4-3-11(9)18-12/h5,8,10,15H,3-4,6-7H2,1-2H3,(H,14,16). The highest BCUT2D eigenvalue weighted by molar-refractivity contribution is 7.14. The number of aliphatic hydroxyl groups is 1. The van der Waals surface area contributed by atoms with Crippen molar-refractivity contribution in [3.05, 3.63) is 21.4 Å². The summed E-state index contributed by atoms with van der Waals surface area (Å²) in [6, 6.07) is 1.90. The molecule has 0 fully saturated rings. The molecule has 1 aromatic heterocycles. The van der Waals surface area contributed by atoms with Crippen LogP contribution in [0, 0.1) is 5.92 Å². The number of carbonyl (C=O) groups excluding carboxylic acids is 1. The number of fused-ring (bicyclic) bond motifs is 1. The normalized spacial score (nSPS) is 16.4. The summed E-state index contributed by atoms with van der Waals surface area (Å²) < 4.78 is 5.35. The average molecular weight is 269 g/mol. The third-order valence-corrected chi connectivity index (χ3v) is 4.33. The Kier molecular flexibility index (Phi) is 4.37. The van der Waals surface area contributed by atoms with E-state index < -0.39 is 6.10 Å². The van der Waals surface area contributed by atoms with Gasteiger partial charge < -0.3 is 15.2 Å². The molecule has 4 nitrogen and oxygen atoms in total. The highest BCUT2D eigenvalue weighted by Gasteiger charge is 2.18. The van der Waals surface area contributed by atoms with Crippen molar-refractivity contribution in [2.75, 3.05) is 13.2 Å². The number of aliphatic hydroxyl groups excluding tert-OH is 1. The van der Waals surface area contributed by atoms with Crippen molar-refractivity contribution in [2.45, 2.75) is 33.0 Å². The van der Waals surface area contributed by atoms with Crippen molar-refractivity contribution in [1.82, 2.24) is 5.32 Å². The highest BCUT2D eigenvalue weighted by atomic mass is 32.1. The van der Waals surface area contributed by atoms with Gasteiger partial charge in [-0.1, -0.05) is 13.8 Å². The lowest BCUT2D eigenvalue weighted by Crippen LogP contribution is -2.34. The van der Waals surface area contributed by atoms with Crippen molar-refractivity contribution in [3.8, 4) is 0 Å². The molecule has 2 N–H and O–H groups in total. The largest absolute Gasteiger partial charge is 0.391 e. The predicted molar refractivity (Wildman–Crippen MR) is 70.9 cm³/mol. The maximum absolute atomic E-state index is 11.9. The van der Waals surface area contributed by atoms with Crippen LogP contribution in [0.1, 0.15) is 34.0 Å². The first-order valence-electron chi connectivity index (χ1n) is 6.23. The fraction of sp³-hybridized carbons (Fsp3) is 0.615. The zero-order valence-electron chi connectivity index (χ0n) is 10.7. The fourth-order valence-corrected chi connectivity index (χ4v) is 2.85. The number of carbonyl (C=O) groups is 1. The Hall–Kier alpha value is -0.910. The van der Waals surface area contributed by atoms with Gasteiger partial charge >= 0.3 is 0 Å². The molecule has 2 heterocycles. The van der Waals surface area contributed by atoms with Gasteiger partial charge in [0.2, 0.25) is 0 Å². The minimum Gasteiger partial charge on any atom is -0.391 e. The molecule has 1 unspecified atom stereocenters. The molecule has 5 heteroatoms. The van der Waals surface area contributed by atoms with Crippen molar-refractivity contribution >= 4 is 17.2 Å². The Bertz CT molecular complexity index is 404. The van der Waals surface area contributed by atoms with Crippen molar-refractivity contribution in [2.24, 2.45) is 5.92 Å². The van der Waals surface area contributed by atoms with Crippen LogP contribution in [0.4, 0.5) is 0 Å². The van der Waals surface area contributed by atoms with Gasteiger partial charge in [-0.15, -0.1) is 11.3 Å². The molecular formula is C13H19NO3S. The lowest BCUT2D eigenvalue weighted by molar-refractivity contribution is 0.0875. The summed E-state index contributed by atoms with van der Waals surface area (Å²) in [5.74, 6) is 0.0457. The van der Waals surface area contributed by atoms with E-state index >= 15 is 0 Å². The van der Waals surface area contributed by atoms with E-state index in [0.717, 1.165) is 18.6 Å². The minimum atomic E-state index is -0.494. The van der Waals surface area contributed by atoms with Gasteiger partial charge in [0.25, 0.3) is 5.91 Å². The Morgan fingerprint density at radius 2 is 2.39 bits per heavy atom. The first-order chi connectivity index (χ1) is 8.58. The fourth-order valence-electron chi connectivity index (χ4n) is 1.78. The number of rotatable bonds is 4. The molecule has 1 amide bonds. The zero-order valence-corrected chi connectivity index (χ0v) is 11.5. The minimum absolute atomic E-state index is 0.103. The van der Waals surface area contributed by atoms with E-state index in [1.54, 1.807) is 0 Å². The monoisotopic (exact) mass is 269 g/mol. The lowest BCUT2D eigenvalue weighted by atomic mass is 10.1. The summed E-state index contributed by atoms with van der Waals surface area (Å²) in [5, 5.41) is 12.4. The molecule has 0 saturated carbocycles. The van der Waals surface area contributed by atoms with Gasteiger partial charge in [0.1, 0.15) is 0 Å². The summed E-state index contributed by atoms with van der Waals surface area (Å²) in [7, 11) is 0. The highest BCUT2D eigenvalue weighted by Crippen LogP contribution is 2.26. The Balaban J connectivity index is 1.95. The predicted octanol–water partition coefficient (Wildman–Crippen LogP) is 1.57. The molecule has 0 bridgehead atoms. The second-order valence-corrected chi connectivity index (χ2v) is 6.02. The van der Waals surface area contributed by atoms with Crippen LogP contribution in [0.25, 0.3) is 0 Å². The van der Waals surface area contributed by atoms with Gasteiger partial charge in [0, 0.05) is 17.8 Å². The van der Waals surface area contributed by atoms with E-state index in [4.69, 9.17) is 4.74 Å². The quantitative estimate of drug-likeness (QED) is 0.872. The summed E-state index contributed by atoms with van der Waals surface area (Å²) in [4.78, 5) is 13.9. The van der Waals surface area contributed by atoms with Crippen LogP contribution in [0.3, 0.4) is 0 Å². The van der Waals surface area contributed by atoms with Crippen LogP contribution < -0.4 is 5.32 Å². The third kappa shape index (κ3) is 3.10. The van der Waals surface area contributed by atoms with Crippen LogP contribution in [0.15, 0.2) is 6.07 Å². The van der Waals surface area contributed by atoms with Crippen LogP contribution in [-0.4, -0.2) is 30.3 Å². The number of nitrogens with one attached hydrogen (secondary N) is 1. The van der Waals surface area contributed by atoms with Crippen molar-refractivity contribution in [3.63, 3.8) is 0 Å². The van der Waals surface area contributed by atoms with Gasteiger partial charge in [-0.05, 0) is 17.5 Å². The first-order valence-corrected chi connectivity index (χ1v) is 7.05. The van der Waals surface area contributed by atoms with Gasteiger partial charge in [0.15, 0.2) is 0 Å². The van der Waals surface area contributed by atoms with E-state index in [9.17, 15) is 9.90 Å². The molecule has 1 atom stereocenters. The topological polar surface area (TPSA) is 58.6 Å². The number of amides is 1. The molecule has 0 spiro atoms. The number of thiophene rings is 1. The summed E-state index contributed by atoms with van der Waals surface area (Å²) in [6.45, 7) is 5.50. The molecule has 0 aromatic carbocycles. The number of hydrogen-bond acceptors (Lipinski definition) is 4. The SMILES string of the molecule is CC(C)C(O)CNC(=O)c1cc2c(s1)CCOC2. The van der Waals surface area contributed by atoms with Gasteiger partial charge in [0.05, 0.1) is 24.2 Å². The van der Waals surface area contributed by atoms with Gasteiger partial charge in [-0.25, -0.2) is 0 Å². The molecule has 2 rings (SSSR count). The second-order valence-electron chi connectivity index (χ2n) is 4.88. The average Bonchev–Trinajstić information content (AvgIpc) is 2.79. The first kappa shape index (κ1) is 13.5. The van der Waals surface area contributed by atoms with Crippen molar-refractivity contribution < 1.29 is 14.6 Å². The summed E-state index contributed by atoms with van der Waals surface area (Å²) >= 11 is 1.53. The maximum Gasteiger partial charge on any atom is 0.261 e. The van der Waals surface area contributed by atoms with Gasteiger partial charge in [-0.2, -0.15) is 0 Å². The van der Waals surface area contributed by atoms with E-state index in [1.807, 2.05) is 19.9 Å². The number of hydrogen-bond donors (Lipinski definition) is 2. The summed E-state index contributed by atoms with van der Waals surface area (Å²) in [5.41, 5.74) is 1.13. The zero-order chi connectivity index (χ0) is 13.1. The molecule has 0 aliphatic carbocycles. The molecule has 18 heavy (non-hydrogen) atoms. The Morgan fingerprint density at radius 3 is 3.06 bits per heavy atom.